The fraction of sp³-hybridized carbons (Fsp3) is 0.857. The van der Waals surface area contributed by atoms with Crippen molar-refractivity contribution < 1.29 is 199 Å². The summed E-state index contributed by atoms with van der Waals surface area (Å²) in [5.74, 6) is 0. The maximum atomic E-state index is 12.4. The van der Waals surface area contributed by atoms with Crippen LogP contribution in [0.4, 0.5) is 4.79 Å². The SMILES string of the molecule is NC1C=CN([C@H]2CC(O)[C@@H](COP(=O)([O-])OP(=O)([O-])OP(=O)([O-])O[C@H]3OC(CO)[C@@H](O[C@H]4OC(CO)[C@@H](O)[C@H](O)C4O)[C@H](O)C3O)O2)C(=O)N1.[Na+].[Na+].[Na+]. The van der Waals surface area contributed by atoms with Gasteiger partial charge in [-0.15, -0.1) is 0 Å². The number of aliphatic hydroxyl groups excluding tert-OH is 8. The Kier molecular flexibility index (Phi) is 21.9. The Balaban J connectivity index is 0.00000468. The van der Waals surface area contributed by atoms with Gasteiger partial charge in [0.25, 0.3) is 23.5 Å². The molecule has 0 radical (unpaired) electrons. The van der Waals surface area contributed by atoms with Crippen LogP contribution in [0.2, 0.25) is 0 Å². The minimum Gasteiger partial charge on any atom is -0.756 e. The topological polar surface area (TPSA) is 414 Å². The first kappa shape index (κ1) is 52.9. The number of nitrogens with zero attached hydrogens (tertiary/aromatic N) is 1. The fourth-order valence-corrected chi connectivity index (χ4v) is 8.47. The first-order valence-electron chi connectivity index (χ1n) is 14.3. The Morgan fingerprint density at radius 1 is 0.792 bits per heavy atom. The molecule has 0 spiro atoms. The maximum absolute atomic E-state index is 12.4. The molecule has 0 aromatic carbocycles. The zero-order valence-corrected chi connectivity index (χ0v) is 36.8. The van der Waals surface area contributed by atoms with Crippen molar-refractivity contribution in [3.63, 3.8) is 0 Å². The summed E-state index contributed by atoms with van der Waals surface area (Å²) in [6, 6.07) is -0.709. The van der Waals surface area contributed by atoms with Crippen LogP contribution in [0, 0.1) is 0 Å². The summed E-state index contributed by atoms with van der Waals surface area (Å²) in [6.07, 6.45) is -22.6. The van der Waals surface area contributed by atoms with Crippen LogP contribution in [0.25, 0.3) is 0 Å². The largest absolute Gasteiger partial charge is 1.00 e. The number of phosphoric acid groups is 3. The number of nitrogens with two attached hydrogens (primary N) is 1. The summed E-state index contributed by atoms with van der Waals surface area (Å²) in [6.45, 7) is -3.09. The number of hydrogen-bond acceptors (Lipinski definition) is 24. The molecule has 0 saturated carbocycles. The van der Waals surface area contributed by atoms with Gasteiger partial charge in [-0.05, 0) is 6.08 Å². The van der Waals surface area contributed by atoms with Gasteiger partial charge in [0.2, 0.25) is 0 Å². The molecule has 0 aromatic heterocycles. The quantitative estimate of drug-likeness (QED) is 0.0572. The predicted octanol–water partition coefficient (Wildman–Crippen LogP) is -16.6. The molecule has 9 unspecified atom stereocenters. The molecule has 53 heavy (non-hydrogen) atoms. The predicted molar refractivity (Wildman–Crippen MR) is 145 cm³/mol. The van der Waals surface area contributed by atoms with Crippen molar-refractivity contribution in [3.8, 4) is 0 Å². The third-order valence-corrected chi connectivity index (χ3v) is 11.6. The second-order valence-electron chi connectivity index (χ2n) is 11.1. The minimum atomic E-state index is -6.47. The molecule has 4 rings (SSSR count). The van der Waals surface area contributed by atoms with Crippen LogP contribution in [0.1, 0.15) is 6.42 Å². The molecule has 4 aliphatic heterocycles. The molecule has 4 heterocycles. The van der Waals surface area contributed by atoms with E-state index in [1.165, 1.54) is 12.3 Å². The van der Waals surface area contributed by atoms with E-state index in [1.807, 2.05) is 0 Å². The molecule has 26 nitrogen and oxygen atoms in total. The number of carbonyl (C=O) groups is 1. The average Bonchev–Trinajstić information content (AvgIpc) is 3.38. The molecule has 290 valence electrons. The zero-order valence-electron chi connectivity index (χ0n) is 28.1. The average molecular weight is 859 g/mol. The van der Waals surface area contributed by atoms with Gasteiger partial charge in [0.15, 0.2) is 12.6 Å². The zero-order chi connectivity index (χ0) is 37.3. The van der Waals surface area contributed by atoms with Gasteiger partial charge in [-0.1, -0.05) is 0 Å². The van der Waals surface area contributed by atoms with Gasteiger partial charge in [-0.3, -0.25) is 23.1 Å². The summed E-state index contributed by atoms with van der Waals surface area (Å²) in [5, 5.41) is 82.5. The third-order valence-electron chi connectivity index (χ3n) is 7.48. The van der Waals surface area contributed by atoms with Crippen LogP contribution >= 0.6 is 23.5 Å². The number of ether oxygens (including phenoxy) is 4. The fourth-order valence-electron chi connectivity index (χ4n) is 5.02. The number of rotatable bonds is 14. The van der Waals surface area contributed by atoms with Crippen LogP contribution in [0.5, 0.6) is 0 Å². The van der Waals surface area contributed by atoms with Crippen molar-refractivity contribution in [3.05, 3.63) is 12.3 Å². The Hall–Kier alpha value is 1.90. The molecular formula is C21H35N3Na3O23P3. The summed E-state index contributed by atoms with van der Waals surface area (Å²) < 4.78 is 73.6. The van der Waals surface area contributed by atoms with Crippen molar-refractivity contribution in [2.45, 2.75) is 92.4 Å². The number of urea groups is 1. The number of amides is 2. The Morgan fingerprint density at radius 2 is 1.36 bits per heavy atom. The maximum Gasteiger partial charge on any atom is 1.00 e. The van der Waals surface area contributed by atoms with E-state index in [0.29, 0.717) is 0 Å². The van der Waals surface area contributed by atoms with Crippen LogP contribution < -0.4 is 114 Å². The standard InChI is InChI=1S/C21H38N3O23P3.3Na/c22-11-1-2-24(21(33)23-11)12-3-7(27)10(41-12)6-40-48(34,35)46-50(38,39)47-49(36,37)45-20-17(32)15(30)18(9(5-26)43-20)44-19-16(31)14(29)13(28)8(4-25)42-19;;;/h1-2,7-20,25-32H,3-6,22H2,(H,23,33)(H,34,35)(H,36,37)(H,38,39);;;/q;3*+1/p-3/t7?,8?,9?,10-,11?,12-,13-,14+,15-,16?,17?,18-,19-,20-;;;/m1.../s1. The van der Waals surface area contributed by atoms with Crippen molar-refractivity contribution in [1.82, 2.24) is 10.2 Å². The van der Waals surface area contributed by atoms with E-state index in [1.54, 1.807) is 0 Å². The van der Waals surface area contributed by atoms with Crippen LogP contribution in [-0.2, 0) is 50.3 Å². The Labute approximate surface area is 366 Å². The molecule has 2 amide bonds. The van der Waals surface area contributed by atoms with Gasteiger partial charge in [-0.2, -0.15) is 0 Å². The van der Waals surface area contributed by atoms with E-state index < -0.39 is 135 Å². The Bertz CT molecular complexity index is 1380. The summed E-state index contributed by atoms with van der Waals surface area (Å²) in [5.41, 5.74) is 5.54. The van der Waals surface area contributed by atoms with E-state index in [2.05, 4.69) is 23.0 Å². The molecule has 3 saturated heterocycles. The van der Waals surface area contributed by atoms with Crippen molar-refractivity contribution in [1.29, 1.82) is 0 Å². The van der Waals surface area contributed by atoms with Crippen LogP contribution in [0.15, 0.2) is 12.3 Å². The van der Waals surface area contributed by atoms with Crippen molar-refractivity contribution in [2.75, 3.05) is 19.8 Å². The molecule has 11 N–H and O–H groups in total. The van der Waals surface area contributed by atoms with Crippen molar-refractivity contribution >= 4 is 29.5 Å². The van der Waals surface area contributed by atoms with E-state index in [-0.39, 0.29) is 95.1 Å². The monoisotopic (exact) mass is 859 g/mol. The molecule has 17 atom stereocenters. The summed E-state index contributed by atoms with van der Waals surface area (Å²) in [7, 11) is -18.8. The van der Waals surface area contributed by atoms with E-state index in [9.17, 15) is 74.0 Å². The van der Waals surface area contributed by atoms with Crippen LogP contribution in [0.3, 0.4) is 0 Å². The van der Waals surface area contributed by atoms with Gasteiger partial charge >= 0.3 is 94.7 Å². The molecule has 0 bridgehead atoms. The molecular weight excluding hydrogens is 824 g/mol. The molecule has 32 heteroatoms. The second kappa shape index (κ2) is 21.9. The van der Waals surface area contributed by atoms with E-state index >= 15 is 0 Å². The third kappa shape index (κ3) is 14.0. The number of aliphatic hydroxyl groups is 8. The molecule has 3 fully saturated rings. The first-order chi connectivity index (χ1) is 23.2. The molecule has 0 aliphatic carbocycles. The normalized spacial score (nSPS) is 40.7. The van der Waals surface area contributed by atoms with E-state index in [0.717, 1.165) is 4.90 Å². The van der Waals surface area contributed by atoms with Gasteiger partial charge in [0.1, 0.15) is 61.2 Å². The number of phosphoric ester groups is 2. The van der Waals surface area contributed by atoms with E-state index in [4.69, 9.17) is 24.7 Å². The Morgan fingerprint density at radius 3 is 1.94 bits per heavy atom. The van der Waals surface area contributed by atoms with Crippen molar-refractivity contribution in [2.24, 2.45) is 5.73 Å². The van der Waals surface area contributed by atoms with Gasteiger partial charge in [0, 0.05) is 12.6 Å². The first-order valence-corrected chi connectivity index (χ1v) is 18.7. The number of hydrogen-bond donors (Lipinski definition) is 10. The number of nitrogens with one attached hydrogen (secondary N) is 1. The van der Waals surface area contributed by atoms with Gasteiger partial charge < -0.3 is 90.1 Å². The second-order valence-corrected chi connectivity index (χ2v) is 15.5. The summed E-state index contributed by atoms with van der Waals surface area (Å²) in [4.78, 5) is 49.8. The minimum absolute atomic E-state index is 0. The summed E-state index contributed by atoms with van der Waals surface area (Å²) >= 11 is 0. The smallest absolute Gasteiger partial charge is 0.756 e. The van der Waals surface area contributed by atoms with Crippen LogP contribution in [-0.4, -0.2) is 158 Å². The molecule has 4 aliphatic rings. The number of carbonyl (C=O) groups excluding carboxylic acids is 1. The van der Waals surface area contributed by atoms with Gasteiger partial charge in [-0.25, -0.2) is 13.4 Å². The molecule has 0 aromatic rings. The van der Waals surface area contributed by atoms with Gasteiger partial charge in [0.05, 0.1) is 32.1 Å².